The van der Waals surface area contributed by atoms with Gasteiger partial charge in [-0.15, -0.1) is 0 Å². The van der Waals surface area contributed by atoms with E-state index in [0.717, 1.165) is 33.8 Å². The van der Waals surface area contributed by atoms with Crippen LogP contribution in [-0.4, -0.2) is 31.1 Å². The number of halogens is 2. The summed E-state index contributed by atoms with van der Waals surface area (Å²) in [6.45, 7) is 3.14. The summed E-state index contributed by atoms with van der Waals surface area (Å²) in [6, 6.07) is 22.3. The van der Waals surface area contributed by atoms with Gasteiger partial charge in [-0.1, -0.05) is 55.5 Å². The maximum absolute atomic E-state index is 12.7. The molecule has 0 atom stereocenters. The molecule has 3 N–H and O–H groups in total. The average molecular weight is 717 g/mol. The first-order valence-electron chi connectivity index (χ1n) is 12.7. The Morgan fingerprint density at radius 3 is 2.45 bits per heavy atom. The second-order valence-electron chi connectivity index (χ2n) is 8.95. The first kappa shape index (κ1) is 31.0. The fourth-order valence-electron chi connectivity index (χ4n) is 4.08. The van der Waals surface area contributed by atoms with E-state index < -0.39 is 6.09 Å². The number of carbonyl (C=O) groups is 3. The van der Waals surface area contributed by atoms with Crippen LogP contribution in [0.1, 0.15) is 29.3 Å². The molecule has 3 amide bonds. The predicted molar refractivity (Wildman–Crippen MR) is 155 cm³/mol. The van der Waals surface area contributed by atoms with E-state index in [1.54, 1.807) is 30.3 Å². The lowest BCUT2D eigenvalue weighted by atomic mass is 10.1. The normalized spacial score (nSPS) is 10.3. The molecule has 0 unspecified atom stereocenters. The largest absolute Gasteiger partial charge is 1.00 e. The number of aryl methyl sites for hydroxylation is 1. The van der Waals surface area contributed by atoms with Crippen LogP contribution in [0.3, 0.4) is 0 Å². The van der Waals surface area contributed by atoms with Crippen molar-refractivity contribution in [3.8, 4) is 0 Å². The SMILES string of the molecule is CCC[n+]1cc(Br)cc(C(=O)Nc2ccc(CC(=O)NCCOC(=O)Nc3cccc4ccccc34)cc2)c1.[I-]. The number of hydrogen-bond acceptors (Lipinski definition) is 4. The molecule has 0 saturated heterocycles. The van der Waals surface area contributed by atoms with Gasteiger partial charge in [0, 0.05) is 17.5 Å². The topological polar surface area (TPSA) is 100 Å². The smallest absolute Gasteiger partial charge is 0.411 e. The number of rotatable bonds is 10. The maximum atomic E-state index is 12.7. The van der Waals surface area contributed by atoms with Crippen molar-refractivity contribution in [3.05, 3.63) is 101 Å². The fraction of sp³-hybridized carbons (Fsp3) is 0.200. The summed E-state index contributed by atoms with van der Waals surface area (Å²) in [5.74, 6) is -0.407. The van der Waals surface area contributed by atoms with Gasteiger partial charge >= 0.3 is 6.09 Å². The molecule has 4 aromatic rings. The minimum Gasteiger partial charge on any atom is -1.00 e. The second kappa shape index (κ2) is 15.3. The van der Waals surface area contributed by atoms with Crippen LogP contribution in [0.5, 0.6) is 0 Å². The van der Waals surface area contributed by atoms with Crippen LogP contribution in [0.15, 0.2) is 89.7 Å². The van der Waals surface area contributed by atoms with Crippen LogP contribution in [0.4, 0.5) is 16.2 Å². The van der Waals surface area contributed by atoms with Crippen molar-refractivity contribution in [2.75, 3.05) is 23.8 Å². The van der Waals surface area contributed by atoms with Gasteiger partial charge in [0.25, 0.3) is 5.91 Å². The quantitative estimate of drug-likeness (QED) is 0.134. The molecule has 1 heterocycles. The number of amides is 3. The summed E-state index contributed by atoms with van der Waals surface area (Å²) in [6.07, 6.45) is 4.30. The van der Waals surface area contributed by atoms with Crippen LogP contribution in [-0.2, 0) is 22.5 Å². The third-order valence-electron chi connectivity index (χ3n) is 5.89. The van der Waals surface area contributed by atoms with Gasteiger partial charge in [-0.2, -0.15) is 0 Å². The highest BCUT2D eigenvalue weighted by Gasteiger charge is 2.13. The van der Waals surface area contributed by atoms with Crippen LogP contribution in [0.25, 0.3) is 10.8 Å². The number of carbonyl (C=O) groups excluding carboxylic acids is 3. The van der Waals surface area contributed by atoms with Crippen LogP contribution in [0, 0.1) is 0 Å². The first-order valence-corrected chi connectivity index (χ1v) is 13.5. The number of benzene rings is 3. The third kappa shape index (κ3) is 9.02. The average Bonchev–Trinajstić information content (AvgIpc) is 2.92. The number of aromatic nitrogens is 1. The van der Waals surface area contributed by atoms with Gasteiger partial charge in [0.15, 0.2) is 12.4 Å². The van der Waals surface area contributed by atoms with Gasteiger partial charge in [-0.3, -0.25) is 14.9 Å². The van der Waals surface area contributed by atoms with Crippen molar-refractivity contribution in [2.24, 2.45) is 0 Å². The Morgan fingerprint density at radius 1 is 0.925 bits per heavy atom. The van der Waals surface area contributed by atoms with E-state index in [1.165, 1.54) is 0 Å². The number of anilines is 2. The Hall–Kier alpha value is -3.51. The summed E-state index contributed by atoms with van der Waals surface area (Å²) in [5, 5.41) is 10.3. The van der Waals surface area contributed by atoms with Gasteiger partial charge in [0.05, 0.1) is 23.1 Å². The molecular weight excluding hydrogens is 687 g/mol. The highest BCUT2D eigenvalue weighted by atomic mass is 127. The third-order valence-corrected chi connectivity index (χ3v) is 6.33. The molecule has 0 aliphatic rings. The Morgan fingerprint density at radius 2 is 1.68 bits per heavy atom. The number of pyridine rings is 1. The summed E-state index contributed by atoms with van der Waals surface area (Å²) < 4.78 is 8.01. The van der Waals surface area contributed by atoms with E-state index in [9.17, 15) is 14.4 Å². The Balaban J connectivity index is 0.00000441. The van der Waals surface area contributed by atoms with E-state index >= 15 is 0 Å². The molecule has 3 aromatic carbocycles. The zero-order valence-corrected chi connectivity index (χ0v) is 25.7. The summed E-state index contributed by atoms with van der Waals surface area (Å²) in [5.41, 5.74) is 2.65. The molecule has 10 heteroatoms. The lowest BCUT2D eigenvalue weighted by Crippen LogP contribution is -3.00. The molecule has 0 aliphatic heterocycles. The van der Waals surface area contributed by atoms with E-state index in [4.69, 9.17) is 4.74 Å². The molecular formula is C30H30BrIN4O4. The van der Waals surface area contributed by atoms with Gasteiger partial charge < -0.3 is 39.3 Å². The molecule has 0 spiro atoms. The summed E-state index contributed by atoms with van der Waals surface area (Å²) >= 11 is 3.45. The van der Waals surface area contributed by atoms with Crippen LogP contribution in [0.2, 0.25) is 0 Å². The van der Waals surface area contributed by atoms with Gasteiger partial charge in [-0.05, 0) is 51.1 Å². The number of nitrogens with zero attached hydrogens (tertiary/aromatic N) is 1. The van der Waals surface area contributed by atoms with Crippen molar-refractivity contribution < 1.29 is 47.7 Å². The van der Waals surface area contributed by atoms with Crippen molar-refractivity contribution in [2.45, 2.75) is 26.3 Å². The first-order chi connectivity index (χ1) is 18.9. The van der Waals surface area contributed by atoms with Gasteiger partial charge in [0.2, 0.25) is 5.91 Å². The molecule has 8 nitrogen and oxygen atoms in total. The predicted octanol–water partition coefficient (Wildman–Crippen LogP) is 2.46. The zero-order valence-electron chi connectivity index (χ0n) is 22.0. The Labute approximate surface area is 258 Å². The number of hydrogen-bond donors (Lipinski definition) is 3. The zero-order chi connectivity index (χ0) is 27.6. The Kier molecular flexibility index (Phi) is 11.9. The molecule has 1 aromatic heterocycles. The fourth-order valence-corrected chi connectivity index (χ4v) is 4.59. The highest BCUT2D eigenvalue weighted by Crippen LogP contribution is 2.23. The van der Waals surface area contributed by atoms with Crippen molar-refractivity contribution in [1.29, 1.82) is 0 Å². The molecule has 0 aliphatic carbocycles. The molecule has 4 rings (SSSR count). The highest BCUT2D eigenvalue weighted by molar-refractivity contribution is 9.10. The van der Waals surface area contributed by atoms with Crippen LogP contribution >= 0.6 is 15.9 Å². The standard InChI is InChI=1S/C30H29BrN4O4.HI/c1-2-15-35-19-23(18-24(31)20-35)29(37)33-25-12-10-21(11-13-25)17-28(36)32-14-16-39-30(38)34-27-9-5-7-22-6-3-4-8-26(22)27;/h3-13,18-20H,2,14-17H2,1H3,(H2-,32,33,34,36,37,38);1H. The van der Waals surface area contributed by atoms with Crippen molar-refractivity contribution in [1.82, 2.24) is 5.32 Å². The minimum atomic E-state index is -0.582. The van der Waals surface area contributed by atoms with Gasteiger partial charge in [-0.25, -0.2) is 9.36 Å². The summed E-state index contributed by atoms with van der Waals surface area (Å²) in [4.78, 5) is 37.2. The lowest BCUT2D eigenvalue weighted by Gasteiger charge is -2.10. The second-order valence-corrected chi connectivity index (χ2v) is 9.86. The maximum Gasteiger partial charge on any atom is 0.411 e. The molecule has 40 heavy (non-hydrogen) atoms. The number of ether oxygens (including phenoxy) is 1. The van der Waals surface area contributed by atoms with E-state index in [1.807, 2.05) is 59.4 Å². The molecule has 0 saturated carbocycles. The van der Waals surface area contributed by atoms with Crippen LogP contribution < -0.4 is 44.5 Å². The summed E-state index contributed by atoms with van der Waals surface area (Å²) in [7, 11) is 0. The van der Waals surface area contributed by atoms with E-state index in [-0.39, 0.29) is 55.4 Å². The van der Waals surface area contributed by atoms with Crippen molar-refractivity contribution in [3.63, 3.8) is 0 Å². The molecule has 208 valence electrons. The van der Waals surface area contributed by atoms with Gasteiger partial charge in [0.1, 0.15) is 18.7 Å². The van der Waals surface area contributed by atoms with E-state index in [0.29, 0.717) is 16.9 Å². The molecule has 0 bridgehead atoms. The minimum absolute atomic E-state index is 0. The van der Waals surface area contributed by atoms with E-state index in [2.05, 4.69) is 38.8 Å². The van der Waals surface area contributed by atoms with Crippen molar-refractivity contribution >= 4 is 56.0 Å². The number of nitrogens with one attached hydrogen (secondary N) is 3. The number of fused-ring (bicyclic) bond motifs is 1. The molecule has 0 radical (unpaired) electrons. The lowest BCUT2D eigenvalue weighted by molar-refractivity contribution is -0.697. The molecule has 0 fully saturated rings. The Bertz CT molecular complexity index is 1480. The monoisotopic (exact) mass is 716 g/mol.